The van der Waals surface area contributed by atoms with E-state index in [1.165, 1.54) is 7.11 Å². The number of anilines is 3. The van der Waals surface area contributed by atoms with Gasteiger partial charge in [0.15, 0.2) is 11.6 Å². The number of benzene rings is 1. The van der Waals surface area contributed by atoms with Crippen molar-refractivity contribution in [2.75, 3.05) is 24.3 Å². The van der Waals surface area contributed by atoms with E-state index in [-0.39, 0.29) is 5.82 Å². The second-order valence-electron chi connectivity index (χ2n) is 4.64. The maximum absolute atomic E-state index is 13.8. The van der Waals surface area contributed by atoms with Gasteiger partial charge < -0.3 is 15.4 Å². The molecule has 0 aliphatic rings. The van der Waals surface area contributed by atoms with Crippen LogP contribution < -0.4 is 15.4 Å². The van der Waals surface area contributed by atoms with Crippen molar-refractivity contribution in [1.29, 1.82) is 0 Å². The van der Waals surface area contributed by atoms with Crippen LogP contribution in [-0.2, 0) is 0 Å². The molecule has 1 heterocycles. The number of hydrogen-bond acceptors (Lipinski definition) is 5. The van der Waals surface area contributed by atoms with Crippen LogP contribution >= 0.6 is 11.6 Å². The van der Waals surface area contributed by atoms with E-state index in [2.05, 4.69) is 27.5 Å². The van der Waals surface area contributed by atoms with Crippen molar-refractivity contribution in [1.82, 2.24) is 9.97 Å². The Kier molecular flexibility index (Phi) is 5.77. The SMILES string of the molecule is CCCCNc1ncc(F)c(Nc2ccc(OC)c(Cl)c2)n1. The van der Waals surface area contributed by atoms with Crippen LogP contribution in [0.3, 0.4) is 0 Å². The molecule has 0 atom stereocenters. The van der Waals surface area contributed by atoms with Gasteiger partial charge >= 0.3 is 0 Å². The van der Waals surface area contributed by atoms with Crippen LogP contribution in [0.2, 0.25) is 5.02 Å². The van der Waals surface area contributed by atoms with Crippen molar-refractivity contribution in [2.45, 2.75) is 19.8 Å². The number of nitrogens with zero attached hydrogens (tertiary/aromatic N) is 2. The summed E-state index contributed by atoms with van der Waals surface area (Å²) >= 11 is 6.05. The summed E-state index contributed by atoms with van der Waals surface area (Å²) in [6.45, 7) is 2.84. The molecule has 0 radical (unpaired) electrons. The van der Waals surface area contributed by atoms with Crippen molar-refractivity contribution < 1.29 is 9.13 Å². The molecule has 0 aliphatic carbocycles. The fourth-order valence-corrected chi connectivity index (χ4v) is 2.06. The van der Waals surface area contributed by atoms with Crippen molar-refractivity contribution >= 4 is 29.1 Å². The molecule has 5 nitrogen and oxygen atoms in total. The van der Waals surface area contributed by atoms with E-state index in [0.29, 0.717) is 22.4 Å². The average Bonchev–Trinajstić information content (AvgIpc) is 2.51. The zero-order valence-electron chi connectivity index (χ0n) is 12.5. The fraction of sp³-hybridized carbons (Fsp3) is 0.333. The number of rotatable bonds is 7. The molecule has 0 spiro atoms. The topological polar surface area (TPSA) is 59.1 Å². The molecule has 2 rings (SSSR count). The summed E-state index contributed by atoms with van der Waals surface area (Å²) in [6.07, 6.45) is 3.19. The molecular weight excluding hydrogens is 307 g/mol. The standard InChI is InChI=1S/C15H18ClFN4O/c1-3-4-7-18-15-19-9-12(17)14(21-15)20-10-5-6-13(22-2)11(16)8-10/h5-6,8-9H,3-4,7H2,1-2H3,(H2,18,19,20,21). The van der Waals surface area contributed by atoms with Crippen molar-refractivity contribution in [3.63, 3.8) is 0 Å². The summed E-state index contributed by atoms with van der Waals surface area (Å²) in [5.41, 5.74) is 0.614. The van der Waals surface area contributed by atoms with Gasteiger partial charge in [0.1, 0.15) is 5.75 Å². The third-order valence-electron chi connectivity index (χ3n) is 2.97. The highest BCUT2D eigenvalue weighted by Gasteiger charge is 2.09. The molecule has 0 amide bonds. The van der Waals surface area contributed by atoms with Gasteiger partial charge in [0.25, 0.3) is 0 Å². The Labute approximate surface area is 133 Å². The molecule has 1 aromatic carbocycles. The van der Waals surface area contributed by atoms with Crippen LogP contribution in [0.15, 0.2) is 24.4 Å². The molecule has 1 aromatic heterocycles. The predicted molar refractivity (Wildman–Crippen MR) is 86.7 cm³/mol. The first-order valence-electron chi connectivity index (χ1n) is 7.01. The molecule has 2 N–H and O–H groups in total. The molecule has 118 valence electrons. The lowest BCUT2D eigenvalue weighted by Gasteiger charge is -2.10. The van der Waals surface area contributed by atoms with E-state index in [9.17, 15) is 4.39 Å². The van der Waals surface area contributed by atoms with Crippen molar-refractivity contribution in [3.8, 4) is 5.75 Å². The summed E-state index contributed by atoms with van der Waals surface area (Å²) in [4.78, 5) is 8.04. The first kappa shape index (κ1) is 16.3. The zero-order chi connectivity index (χ0) is 15.9. The number of halogens is 2. The Hall–Kier alpha value is -2.08. The van der Waals surface area contributed by atoms with Gasteiger partial charge in [-0.2, -0.15) is 4.98 Å². The van der Waals surface area contributed by atoms with E-state index in [4.69, 9.17) is 16.3 Å². The highest BCUT2D eigenvalue weighted by Crippen LogP contribution is 2.29. The number of unbranched alkanes of at least 4 members (excludes halogenated alkanes) is 1. The van der Waals surface area contributed by atoms with E-state index in [1.54, 1.807) is 18.2 Å². The van der Waals surface area contributed by atoms with E-state index in [0.717, 1.165) is 25.6 Å². The molecule has 7 heteroatoms. The highest BCUT2D eigenvalue weighted by molar-refractivity contribution is 6.32. The zero-order valence-corrected chi connectivity index (χ0v) is 13.2. The van der Waals surface area contributed by atoms with Crippen LogP contribution in [0.1, 0.15) is 19.8 Å². The first-order valence-corrected chi connectivity index (χ1v) is 7.38. The monoisotopic (exact) mass is 324 g/mol. The second-order valence-corrected chi connectivity index (χ2v) is 5.05. The van der Waals surface area contributed by atoms with E-state index >= 15 is 0 Å². The summed E-state index contributed by atoms with van der Waals surface area (Å²) in [5.74, 6) is 0.498. The number of methoxy groups -OCH3 is 1. The minimum atomic E-state index is -0.534. The smallest absolute Gasteiger partial charge is 0.224 e. The number of ether oxygens (including phenoxy) is 1. The highest BCUT2D eigenvalue weighted by atomic mass is 35.5. The molecule has 0 saturated heterocycles. The van der Waals surface area contributed by atoms with Gasteiger partial charge in [-0.05, 0) is 24.6 Å². The normalized spacial score (nSPS) is 10.4. The molecule has 0 fully saturated rings. The van der Waals surface area contributed by atoms with E-state index < -0.39 is 5.82 Å². The van der Waals surface area contributed by atoms with Gasteiger partial charge in [0.2, 0.25) is 5.95 Å². The van der Waals surface area contributed by atoms with E-state index in [1.807, 2.05) is 0 Å². The Morgan fingerprint density at radius 1 is 1.36 bits per heavy atom. The lowest BCUT2D eigenvalue weighted by atomic mass is 10.3. The number of nitrogens with one attached hydrogen (secondary N) is 2. The largest absolute Gasteiger partial charge is 0.495 e. The van der Waals surface area contributed by atoms with Crippen molar-refractivity contribution in [3.05, 3.63) is 35.2 Å². The quantitative estimate of drug-likeness (QED) is 0.746. The van der Waals surface area contributed by atoms with Crippen molar-refractivity contribution in [2.24, 2.45) is 0 Å². The molecule has 0 bridgehead atoms. The minimum absolute atomic E-state index is 0.0928. The summed E-state index contributed by atoms with van der Waals surface area (Å²) in [6, 6.07) is 5.08. The fourth-order valence-electron chi connectivity index (χ4n) is 1.80. The van der Waals surface area contributed by atoms with Gasteiger partial charge in [-0.3, -0.25) is 0 Å². The average molecular weight is 325 g/mol. The summed E-state index contributed by atoms with van der Waals surface area (Å²) in [5, 5.41) is 6.38. The van der Waals surface area contributed by atoms with Crippen LogP contribution in [0, 0.1) is 5.82 Å². The van der Waals surface area contributed by atoms with Crippen LogP contribution in [0.4, 0.5) is 21.8 Å². The lowest BCUT2D eigenvalue weighted by Crippen LogP contribution is -2.07. The molecule has 22 heavy (non-hydrogen) atoms. The maximum Gasteiger partial charge on any atom is 0.224 e. The number of aromatic nitrogens is 2. The van der Waals surface area contributed by atoms with Crippen LogP contribution in [0.5, 0.6) is 5.75 Å². The third-order valence-corrected chi connectivity index (χ3v) is 3.27. The number of hydrogen-bond donors (Lipinski definition) is 2. The van der Waals surface area contributed by atoms with Crippen LogP contribution in [0.25, 0.3) is 0 Å². The minimum Gasteiger partial charge on any atom is -0.495 e. The predicted octanol–water partition coefficient (Wildman–Crippen LogP) is 4.23. The molecular formula is C15H18ClFN4O. The third kappa shape index (κ3) is 4.21. The van der Waals surface area contributed by atoms with Crippen LogP contribution in [-0.4, -0.2) is 23.6 Å². The molecule has 0 saturated carbocycles. The Balaban J connectivity index is 2.14. The molecule has 0 unspecified atom stereocenters. The first-order chi connectivity index (χ1) is 10.6. The maximum atomic E-state index is 13.8. The summed E-state index contributed by atoms with van der Waals surface area (Å²) in [7, 11) is 1.53. The van der Waals surface area contributed by atoms with Gasteiger partial charge in [0.05, 0.1) is 18.3 Å². The Morgan fingerprint density at radius 2 is 2.18 bits per heavy atom. The Bertz CT molecular complexity index is 639. The Morgan fingerprint density at radius 3 is 2.86 bits per heavy atom. The summed E-state index contributed by atoms with van der Waals surface area (Å²) < 4.78 is 18.9. The van der Waals surface area contributed by atoms with Gasteiger partial charge in [0, 0.05) is 12.2 Å². The second kappa shape index (κ2) is 7.79. The van der Waals surface area contributed by atoms with Gasteiger partial charge in [-0.25, -0.2) is 9.37 Å². The molecule has 0 aliphatic heterocycles. The lowest BCUT2D eigenvalue weighted by molar-refractivity contribution is 0.415. The van der Waals surface area contributed by atoms with Gasteiger partial charge in [-0.15, -0.1) is 0 Å². The van der Waals surface area contributed by atoms with Gasteiger partial charge in [-0.1, -0.05) is 24.9 Å². The molecule has 2 aromatic rings.